The first-order valence-electron chi connectivity index (χ1n) is 8.03. The van der Waals surface area contributed by atoms with Crippen molar-refractivity contribution in [3.05, 3.63) is 35.4 Å². The molecule has 0 atom stereocenters. The summed E-state index contributed by atoms with van der Waals surface area (Å²) < 4.78 is 0. The Morgan fingerprint density at radius 3 is 2.38 bits per heavy atom. The van der Waals surface area contributed by atoms with Gasteiger partial charge in [0, 0.05) is 24.4 Å². The minimum atomic E-state index is 0.617. The van der Waals surface area contributed by atoms with Gasteiger partial charge in [-0.3, -0.25) is 4.90 Å². The Balaban J connectivity index is 1.49. The lowest BCUT2D eigenvalue weighted by Gasteiger charge is -2.30. The van der Waals surface area contributed by atoms with E-state index in [1.165, 1.54) is 31.2 Å². The first kappa shape index (κ1) is 14.2. The zero-order valence-corrected chi connectivity index (χ0v) is 12.5. The normalized spacial score (nSPS) is 19.6. The number of rotatable bonds is 3. The predicted octanol–water partition coefficient (Wildman–Crippen LogP) is 3.57. The molecule has 1 aromatic rings. The van der Waals surface area contributed by atoms with E-state index in [1.807, 2.05) is 0 Å². The van der Waals surface area contributed by atoms with E-state index in [0.717, 1.165) is 31.6 Å². The Labute approximate surface area is 127 Å². The standard InChI is InChI=1S/C19H22N2/c20-12-9-18-10-13-21(14-11-18)15-19-7-5-17(6-8-19)4-3-16-1-2-16/h5-8,16,18H,1-2,9-11,13-15H2. The van der Waals surface area contributed by atoms with E-state index in [0.29, 0.717) is 11.8 Å². The molecule has 21 heavy (non-hydrogen) atoms. The second kappa shape index (κ2) is 6.79. The number of hydrogen-bond donors (Lipinski definition) is 0. The van der Waals surface area contributed by atoms with E-state index in [2.05, 4.69) is 47.1 Å². The maximum Gasteiger partial charge on any atom is 0.0624 e. The number of benzene rings is 1. The van der Waals surface area contributed by atoms with Crippen LogP contribution in [0.2, 0.25) is 0 Å². The summed E-state index contributed by atoms with van der Waals surface area (Å²) in [4.78, 5) is 2.50. The SMILES string of the molecule is N#CCC1CCN(Cc2ccc(C#CC3CC3)cc2)CC1. The van der Waals surface area contributed by atoms with Crippen LogP contribution in [-0.2, 0) is 6.54 Å². The summed E-state index contributed by atoms with van der Waals surface area (Å²) in [5.74, 6) is 7.85. The summed E-state index contributed by atoms with van der Waals surface area (Å²) >= 11 is 0. The lowest BCUT2D eigenvalue weighted by molar-refractivity contribution is 0.179. The second-order valence-corrected chi connectivity index (χ2v) is 6.32. The van der Waals surface area contributed by atoms with E-state index in [1.54, 1.807) is 0 Å². The summed E-state index contributed by atoms with van der Waals surface area (Å²) in [5, 5.41) is 8.75. The molecule has 108 valence electrons. The monoisotopic (exact) mass is 278 g/mol. The Kier molecular flexibility index (Phi) is 4.59. The Hall–Kier alpha value is -1.77. The summed E-state index contributed by atoms with van der Waals surface area (Å²) in [6.45, 7) is 3.26. The molecule has 0 aromatic heterocycles. The van der Waals surface area contributed by atoms with E-state index in [9.17, 15) is 0 Å². The molecule has 1 aliphatic heterocycles. The van der Waals surface area contributed by atoms with Crippen molar-refractivity contribution in [2.24, 2.45) is 11.8 Å². The van der Waals surface area contributed by atoms with Gasteiger partial charge in [0.1, 0.15) is 0 Å². The molecule has 2 fully saturated rings. The fraction of sp³-hybridized carbons (Fsp3) is 0.526. The largest absolute Gasteiger partial charge is 0.299 e. The average molecular weight is 278 g/mol. The molecule has 0 amide bonds. The summed E-state index contributed by atoms with van der Waals surface area (Å²) in [6.07, 6.45) is 5.62. The van der Waals surface area contributed by atoms with Crippen LogP contribution in [0, 0.1) is 35.0 Å². The van der Waals surface area contributed by atoms with E-state index < -0.39 is 0 Å². The third kappa shape index (κ3) is 4.35. The molecule has 1 aromatic carbocycles. The lowest BCUT2D eigenvalue weighted by atomic mass is 9.94. The van der Waals surface area contributed by atoms with Gasteiger partial charge in [0.05, 0.1) is 6.07 Å². The fourth-order valence-corrected chi connectivity index (χ4v) is 2.84. The summed E-state index contributed by atoms with van der Waals surface area (Å²) in [7, 11) is 0. The Morgan fingerprint density at radius 2 is 1.76 bits per heavy atom. The highest BCUT2D eigenvalue weighted by molar-refractivity contribution is 5.37. The van der Waals surface area contributed by atoms with Gasteiger partial charge in [-0.1, -0.05) is 24.0 Å². The van der Waals surface area contributed by atoms with Crippen LogP contribution in [0.15, 0.2) is 24.3 Å². The molecule has 1 aliphatic carbocycles. The molecule has 2 nitrogen and oxygen atoms in total. The molecule has 0 unspecified atom stereocenters. The van der Waals surface area contributed by atoms with Gasteiger partial charge in [-0.25, -0.2) is 0 Å². The number of hydrogen-bond acceptors (Lipinski definition) is 2. The van der Waals surface area contributed by atoms with Crippen LogP contribution in [0.3, 0.4) is 0 Å². The molecule has 1 heterocycles. The van der Waals surface area contributed by atoms with Crippen molar-refractivity contribution >= 4 is 0 Å². The van der Waals surface area contributed by atoms with Crippen LogP contribution < -0.4 is 0 Å². The van der Waals surface area contributed by atoms with Gasteiger partial charge in [-0.05, 0) is 62.4 Å². The fourth-order valence-electron chi connectivity index (χ4n) is 2.84. The van der Waals surface area contributed by atoms with E-state index >= 15 is 0 Å². The van der Waals surface area contributed by atoms with Crippen LogP contribution in [-0.4, -0.2) is 18.0 Å². The zero-order chi connectivity index (χ0) is 14.5. The molecule has 0 N–H and O–H groups in total. The smallest absolute Gasteiger partial charge is 0.0624 e. The molecule has 0 bridgehead atoms. The van der Waals surface area contributed by atoms with Crippen molar-refractivity contribution in [3.63, 3.8) is 0 Å². The third-order valence-corrected chi connectivity index (χ3v) is 4.45. The van der Waals surface area contributed by atoms with Crippen LogP contribution >= 0.6 is 0 Å². The third-order valence-electron chi connectivity index (χ3n) is 4.45. The van der Waals surface area contributed by atoms with E-state index in [-0.39, 0.29) is 0 Å². The number of likely N-dealkylation sites (tertiary alicyclic amines) is 1. The molecule has 1 saturated carbocycles. The molecule has 3 rings (SSSR count). The second-order valence-electron chi connectivity index (χ2n) is 6.32. The van der Waals surface area contributed by atoms with Crippen molar-refractivity contribution in [2.75, 3.05) is 13.1 Å². The summed E-state index contributed by atoms with van der Waals surface area (Å²) in [5.41, 5.74) is 2.50. The van der Waals surface area contributed by atoms with Crippen LogP contribution in [0.25, 0.3) is 0 Å². The molecule has 0 spiro atoms. The quantitative estimate of drug-likeness (QED) is 0.790. The molecule has 2 heteroatoms. The first-order chi connectivity index (χ1) is 10.3. The topological polar surface area (TPSA) is 27.0 Å². The van der Waals surface area contributed by atoms with Gasteiger partial charge < -0.3 is 0 Å². The predicted molar refractivity (Wildman–Crippen MR) is 84.3 cm³/mol. The highest BCUT2D eigenvalue weighted by Gasteiger charge is 2.19. The maximum absolute atomic E-state index is 8.75. The van der Waals surface area contributed by atoms with Gasteiger partial charge in [-0.2, -0.15) is 5.26 Å². The first-order valence-corrected chi connectivity index (χ1v) is 8.03. The molecular formula is C19H22N2. The Bertz CT molecular complexity index is 558. The molecular weight excluding hydrogens is 256 g/mol. The van der Waals surface area contributed by atoms with Gasteiger partial charge in [0.15, 0.2) is 0 Å². The van der Waals surface area contributed by atoms with Crippen LogP contribution in [0.1, 0.15) is 43.2 Å². The van der Waals surface area contributed by atoms with Crippen molar-refractivity contribution in [1.29, 1.82) is 5.26 Å². The van der Waals surface area contributed by atoms with Gasteiger partial charge in [0.2, 0.25) is 0 Å². The van der Waals surface area contributed by atoms with Crippen molar-refractivity contribution in [2.45, 2.75) is 38.6 Å². The molecule has 1 saturated heterocycles. The number of piperidine rings is 1. The van der Waals surface area contributed by atoms with Gasteiger partial charge in [-0.15, -0.1) is 0 Å². The van der Waals surface area contributed by atoms with Crippen molar-refractivity contribution < 1.29 is 0 Å². The lowest BCUT2D eigenvalue weighted by Crippen LogP contribution is -2.33. The van der Waals surface area contributed by atoms with Crippen molar-refractivity contribution in [1.82, 2.24) is 4.90 Å². The minimum Gasteiger partial charge on any atom is -0.299 e. The summed E-state index contributed by atoms with van der Waals surface area (Å²) in [6, 6.07) is 11.0. The average Bonchev–Trinajstić information content (AvgIpc) is 3.33. The molecule has 2 aliphatic rings. The highest BCUT2D eigenvalue weighted by atomic mass is 15.1. The minimum absolute atomic E-state index is 0.617. The maximum atomic E-state index is 8.75. The molecule has 0 radical (unpaired) electrons. The number of nitrogens with zero attached hydrogens (tertiary/aromatic N) is 2. The Morgan fingerprint density at radius 1 is 1.05 bits per heavy atom. The highest BCUT2D eigenvalue weighted by Crippen LogP contribution is 2.27. The van der Waals surface area contributed by atoms with Gasteiger partial charge in [0.25, 0.3) is 0 Å². The zero-order valence-electron chi connectivity index (χ0n) is 12.5. The van der Waals surface area contributed by atoms with Gasteiger partial charge >= 0.3 is 0 Å². The number of nitriles is 1. The van der Waals surface area contributed by atoms with Crippen molar-refractivity contribution in [3.8, 4) is 17.9 Å². The van der Waals surface area contributed by atoms with Crippen LogP contribution in [0.5, 0.6) is 0 Å². The van der Waals surface area contributed by atoms with E-state index in [4.69, 9.17) is 5.26 Å². The van der Waals surface area contributed by atoms with Crippen LogP contribution in [0.4, 0.5) is 0 Å².